The minimum Gasteiger partial charge on any atom is -0.493 e. The quantitative estimate of drug-likeness (QED) is 0.147. The van der Waals surface area contributed by atoms with Crippen molar-refractivity contribution in [3.63, 3.8) is 0 Å². The second-order valence-corrected chi connectivity index (χ2v) is 18.2. The molecule has 4 heterocycles. The van der Waals surface area contributed by atoms with Crippen LogP contribution in [0.4, 0.5) is 13.2 Å². The summed E-state index contributed by atoms with van der Waals surface area (Å²) in [6.07, 6.45) is 2.01. The number of nitrogens with zero attached hydrogens (tertiary/aromatic N) is 8. The fourth-order valence-electron chi connectivity index (χ4n) is 9.34. The number of halogens is 3. The van der Waals surface area contributed by atoms with Crippen LogP contribution in [0.15, 0.2) is 54.7 Å². The summed E-state index contributed by atoms with van der Waals surface area (Å²) < 4.78 is 51.3. The van der Waals surface area contributed by atoms with Gasteiger partial charge < -0.3 is 30.1 Å². The number of hydrogen-bond donors (Lipinski definition) is 4. The van der Waals surface area contributed by atoms with E-state index in [0.717, 1.165) is 11.6 Å². The first-order valence-electron chi connectivity index (χ1n) is 23.8. The Balaban J connectivity index is 0.00000963. The Kier molecular flexibility index (Phi) is 22.2. The Bertz CT molecular complexity index is 2390. The van der Waals surface area contributed by atoms with Crippen molar-refractivity contribution in [2.45, 2.75) is 50.9 Å². The molecule has 3 saturated heterocycles. The third-order valence-corrected chi connectivity index (χ3v) is 13.2. The van der Waals surface area contributed by atoms with Gasteiger partial charge in [0.25, 0.3) is 0 Å². The molecule has 4 N–H and O–H groups in total. The zero-order valence-corrected chi connectivity index (χ0v) is 41.4. The molecule has 22 heteroatoms. The van der Waals surface area contributed by atoms with Gasteiger partial charge in [-0.05, 0) is 73.5 Å². The second kappa shape index (κ2) is 27.7. The molecule has 0 aliphatic carbocycles. The van der Waals surface area contributed by atoms with Gasteiger partial charge in [0, 0.05) is 126 Å². The average Bonchev–Trinajstić information content (AvgIpc) is 3.33. The van der Waals surface area contributed by atoms with Crippen LogP contribution in [-0.2, 0) is 36.7 Å². The van der Waals surface area contributed by atoms with E-state index < -0.39 is 41.7 Å². The third kappa shape index (κ3) is 17.2. The van der Waals surface area contributed by atoms with E-state index in [-0.39, 0.29) is 169 Å². The largest absolute Gasteiger partial charge is 0.493 e. The minimum absolute atomic E-state index is 0. The van der Waals surface area contributed by atoms with Crippen molar-refractivity contribution in [2.24, 2.45) is 5.92 Å². The molecule has 3 fully saturated rings. The molecule has 2 aromatic carbocycles. The van der Waals surface area contributed by atoms with Gasteiger partial charge in [-0.1, -0.05) is 42.8 Å². The van der Waals surface area contributed by atoms with E-state index in [1.165, 1.54) is 24.4 Å². The number of carbonyl (C=O) groups is 5. The number of pyridine rings is 1. The molecule has 72 heavy (non-hydrogen) atoms. The molecule has 0 saturated carbocycles. The number of rotatable bonds is 17. The molecule has 3 aliphatic rings. The molecule has 0 spiro atoms. The Morgan fingerprint density at radius 3 is 1.79 bits per heavy atom. The van der Waals surface area contributed by atoms with Gasteiger partial charge in [-0.2, -0.15) is 18.4 Å². The summed E-state index contributed by atoms with van der Waals surface area (Å²) in [6, 6.07) is 14.3. The molecule has 0 unspecified atom stereocenters. The zero-order valence-electron chi connectivity index (χ0n) is 39.8. The van der Waals surface area contributed by atoms with Crippen molar-refractivity contribution >= 4 is 41.9 Å². The van der Waals surface area contributed by atoms with E-state index in [4.69, 9.17) is 4.74 Å². The number of piperidine rings is 2. The standard InChI is InChI=1S/C50H61F3N8O10.Lu/c51-50(52,53)41-26-38(29-61-15-5-4-8-43(61)49(69)70)44(27-37(41)9-10-42-40(28-54)39(11-14-55-42)36-6-2-1-3-7-36)71-34-35-12-16-60(17-13-35)45(62)30-56-18-20-57(31-46(63)64)22-24-59(33-48(67)68)25-23-58(21-19-56)32-47(65)66;/h1-3,6-7,9-11,14,26-27,35,43H,4-5,8,12-13,15-25,29-34H2,(H,63,64)(H,65,66)(H,67,68)(H,69,70);/b10-9+;/t43-;/m0./s1. The summed E-state index contributed by atoms with van der Waals surface area (Å²) in [4.78, 5) is 75.7. The van der Waals surface area contributed by atoms with Gasteiger partial charge in [0.05, 0.1) is 49.6 Å². The van der Waals surface area contributed by atoms with Crippen LogP contribution < -0.4 is 4.74 Å². The number of ether oxygens (including phenoxy) is 1. The molecule has 1 aromatic heterocycles. The molecule has 1 atom stereocenters. The van der Waals surface area contributed by atoms with Crippen LogP contribution >= 0.6 is 0 Å². The van der Waals surface area contributed by atoms with Crippen LogP contribution in [-0.4, -0.2) is 195 Å². The zero-order chi connectivity index (χ0) is 51.1. The van der Waals surface area contributed by atoms with Crippen molar-refractivity contribution < 1.29 is 99.2 Å². The molecule has 1 amide bonds. The van der Waals surface area contributed by atoms with Gasteiger partial charge in [-0.15, -0.1) is 0 Å². The SMILES string of the molecule is N#Cc1c(-c2ccccc2)ccnc1/C=C/c1cc(OCC2CCN(C(=O)CN3CCN(CC(=O)O)CCN(CC(=O)O)CCN(CC(=O)O)CC3)CC2)c(CN2CCCC[C@H]2C(=O)O)cc1C(F)(F)F.[Lu]. The number of amides is 1. The summed E-state index contributed by atoms with van der Waals surface area (Å²) in [5.41, 5.74) is 0.625. The van der Waals surface area contributed by atoms with Crippen LogP contribution in [0.25, 0.3) is 23.3 Å². The van der Waals surface area contributed by atoms with E-state index in [2.05, 4.69) is 11.1 Å². The third-order valence-electron chi connectivity index (χ3n) is 13.2. The summed E-state index contributed by atoms with van der Waals surface area (Å²) in [7, 11) is 0. The van der Waals surface area contributed by atoms with E-state index >= 15 is 0 Å². The number of aromatic nitrogens is 1. The number of hydrogen-bond acceptors (Lipinski definition) is 13. The molecule has 397 valence electrons. The van der Waals surface area contributed by atoms with Crippen molar-refractivity contribution in [3.8, 4) is 22.9 Å². The first-order chi connectivity index (χ1) is 34.0. The maximum Gasteiger partial charge on any atom is 0.417 e. The van der Waals surface area contributed by atoms with E-state index in [1.54, 1.807) is 30.6 Å². The van der Waals surface area contributed by atoms with Gasteiger partial charge in [-0.25, -0.2) is 0 Å². The molecular weight excluding hydrogens is 1100 g/mol. The molecule has 18 nitrogen and oxygen atoms in total. The number of alkyl halides is 3. The molecule has 1 radical (unpaired) electrons. The van der Waals surface area contributed by atoms with Gasteiger partial charge >= 0.3 is 30.1 Å². The summed E-state index contributed by atoms with van der Waals surface area (Å²) >= 11 is 0. The number of carbonyl (C=O) groups excluding carboxylic acids is 1. The van der Waals surface area contributed by atoms with Gasteiger partial charge in [-0.3, -0.25) is 53.5 Å². The molecular formula is C50H61F3LuN8O10. The molecule has 3 aliphatic heterocycles. The Morgan fingerprint density at radius 1 is 0.722 bits per heavy atom. The Labute approximate surface area is 445 Å². The van der Waals surface area contributed by atoms with Crippen molar-refractivity contribution in [1.29, 1.82) is 5.26 Å². The number of aliphatic carboxylic acids is 4. The average molecular weight is 1170 g/mol. The predicted molar refractivity (Wildman–Crippen MR) is 254 cm³/mol. The van der Waals surface area contributed by atoms with Crippen LogP contribution in [0.5, 0.6) is 5.75 Å². The predicted octanol–water partition coefficient (Wildman–Crippen LogP) is 4.34. The van der Waals surface area contributed by atoms with Crippen LogP contribution in [0, 0.1) is 54.1 Å². The first kappa shape index (κ1) is 57.7. The van der Waals surface area contributed by atoms with Crippen LogP contribution in [0.3, 0.4) is 0 Å². The topological polar surface area (TPSA) is 232 Å². The van der Waals surface area contributed by atoms with Gasteiger partial charge in [0.2, 0.25) is 5.91 Å². The second-order valence-electron chi connectivity index (χ2n) is 18.2. The summed E-state index contributed by atoms with van der Waals surface area (Å²) in [5, 5.41) is 48.8. The van der Waals surface area contributed by atoms with E-state index in [1.807, 2.05) is 35.2 Å². The number of likely N-dealkylation sites (tertiary alicyclic amines) is 2. The fraction of sp³-hybridized carbons (Fsp3) is 0.500. The first-order valence-corrected chi connectivity index (χ1v) is 23.8. The Morgan fingerprint density at radius 2 is 1.28 bits per heavy atom. The summed E-state index contributed by atoms with van der Waals surface area (Å²) in [6.45, 7) is 2.26. The van der Waals surface area contributed by atoms with Crippen LogP contribution in [0.1, 0.15) is 60.1 Å². The number of carboxylic acid groups (broad SMARTS) is 4. The van der Waals surface area contributed by atoms with Crippen LogP contribution in [0.2, 0.25) is 0 Å². The molecule has 3 aromatic rings. The monoisotopic (exact) mass is 1170 g/mol. The van der Waals surface area contributed by atoms with Crippen molar-refractivity contribution in [2.75, 3.05) is 105 Å². The fourth-order valence-corrected chi connectivity index (χ4v) is 9.34. The number of nitriles is 1. The summed E-state index contributed by atoms with van der Waals surface area (Å²) in [5.74, 6) is -4.37. The van der Waals surface area contributed by atoms with Crippen molar-refractivity contribution in [3.05, 3.63) is 82.7 Å². The van der Waals surface area contributed by atoms with E-state index in [9.17, 15) is 62.8 Å². The smallest absolute Gasteiger partial charge is 0.417 e. The minimum atomic E-state index is -4.82. The normalized spacial score (nSPS) is 18.9. The Hall–Kier alpha value is -5.21. The molecule has 0 bridgehead atoms. The van der Waals surface area contributed by atoms with Gasteiger partial charge in [0.1, 0.15) is 17.9 Å². The van der Waals surface area contributed by atoms with Crippen molar-refractivity contribution in [1.82, 2.24) is 34.4 Å². The molecule has 6 rings (SSSR count). The maximum absolute atomic E-state index is 15.0. The number of carboxylic acids is 4. The number of benzene rings is 2. The maximum atomic E-state index is 15.0. The van der Waals surface area contributed by atoms with Gasteiger partial charge in [0.15, 0.2) is 0 Å². The van der Waals surface area contributed by atoms with E-state index in [0.29, 0.717) is 57.3 Å².